The molecular formula is C29H32N2O7. The van der Waals surface area contributed by atoms with Crippen LogP contribution < -0.4 is 19.5 Å². The largest absolute Gasteiger partial charge is 0.496 e. The fourth-order valence-electron chi connectivity index (χ4n) is 3.85. The maximum Gasteiger partial charge on any atom is 0.326 e. The van der Waals surface area contributed by atoms with Crippen LogP contribution in [0, 0.1) is 0 Å². The lowest BCUT2D eigenvalue weighted by Crippen LogP contribution is -2.45. The van der Waals surface area contributed by atoms with Crippen molar-refractivity contribution in [3.8, 4) is 28.4 Å². The Labute approximate surface area is 222 Å². The summed E-state index contributed by atoms with van der Waals surface area (Å²) >= 11 is 0. The van der Waals surface area contributed by atoms with Crippen LogP contribution in [0.4, 0.5) is 0 Å². The van der Waals surface area contributed by atoms with Crippen molar-refractivity contribution in [1.29, 1.82) is 0 Å². The molecule has 200 valence electrons. The molecule has 3 aromatic carbocycles. The molecule has 0 radical (unpaired) electrons. The molecule has 0 aliphatic heterocycles. The number of hydrogen-bond donors (Lipinski definition) is 2. The van der Waals surface area contributed by atoms with Crippen molar-refractivity contribution in [1.82, 2.24) is 5.32 Å². The zero-order valence-corrected chi connectivity index (χ0v) is 21.9. The van der Waals surface area contributed by atoms with Crippen molar-refractivity contribution < 1.29 is 33.7 Å². The number of carboxylic acid groups (broad SMARTS) is 1. The van der Waals surface area contributed by atoms with Crippen LogP contribution >= 0.6 is 0 Å². The highest BCUT2D eigenvalue weighted by molar-refractivity contribution is 6.45. The molecule has 0 saturated carbocycles. The van der Waals surface area contributed by atoms with Crippen LogP contribution in [-0.2, 0) is 20.8 Å². The van der Waals surface area contributed by atoms with Gasteiger partial charge in [-0.05, 0) is 53.9 Å². The van der Waals surface area contributed by atoms with Gasteiger partial charge in [0.05, 0.1) is 26.4 Å². The lowest BCUT2D eigenvalue weighted by molar-refractivity contribution is -0.141. The number of carboxylic acids is 1. The van der Waals surface area contributed by atoms with Gasteiger partial charge in [-0.3, -0.25) is 4.79 Å². The SMILES string of the molecule is CCCOc1ccc(C(=NOC)C(=O)N[C@@H](Cc2ccc(-c3c(OC)cccc3OC)cc2)C(=O)O)cc1. The molecule has 1 atom stereocenters. The summed E-state index contributed by atoms with van der Waals surface area (Å²) in [6.45, 7) is 2.58. The topological polar surface area (TPSA) is 116 Å². The van der Waals surface area contributed by atoms with Crippen LogP contribution in [0.2, 0.25) is 0 Å². The Morgan fingerprint density at radius 3 is 2.08 bits per heavy atom. The molecular weight excluding hydrogens is 488 g/mol. The van der Waals surface area contributed by atoms with Crippen molar-refractivity contribution >= 4 is 17.6 Å². The zero-order valence-electron chi connectivity index (χ0n) is 21.9. The van der Waals surface area contributed by atoms with Gasteiger partial charge in [0, 0.05) is 12.0 Å². The van der Waals surface area contributed by atoms with E-state index in [1.165, 1.54) is 7.11 Å². The van der Waals surface area contributed by atoms with Crippen molar-refractivity contribution in [2.75, 3.05) is 27.9 Å². The van der Waals surface area contributed by atoms with Gasteiger partial charge in [0.15, 0.2) is 5.71 Å². The smallest absolute Gasteiger partial charge is 0.326 e. The molecule has 0 aliphatic rings. The zero-order chi connectivity index (χ0) is 27.5. The molecule has 0 fully saturated rings. The number of amides is 1. The third-order valence-corrected chi connectivity index (χ3v) is 5.71. The summed E-state index contributed by atoms with van der Waals surface area (Å²) in [7, 11) is 4.49. The molecule has 2 N–H and O–H groups in total. The van der Waals surface area contributed by atoms with Gasteiger partial charge < -0.3 is 29.5 Å². The Morgan fingerprint density at radius 2 is 1.55 bits per heavy atom. The van der Waals surface area contributed by atoms with E-state index in [2.05, 4.69) is 10.5 Å². The molecule has 0 unspecified atom stereocenters. The van der Waals surface area contributed by atoms with Crippen LogP contribution in [0.1, 0.15) is 24.5 Å². The number of ether oxygens (including phenoxy) is 3. The minimum Gasteiger partial charge on any atom is -0.496 e. The first-order valence-electron chi connectivity index (χ1n) is 12.1. The van der Waals surface area contributed by atoms with Gasteiger partial charge in [-0.25, -0.2) is 4.79 Å². The third-order valence-electron chi connectivity index (χ3n) is 5.71. The molecule has 38 heavy (non-hydrogen) atoms. The predicted octanol–water partition coefficient (Wildman–Crippen LogP) is 4.32. The van der Waals surface area contributed by atoms with E-state index in [0.717, 1.165) is 23.1 Å². The van der Waals surface area contributed by atoms with E-state index >= 15 is 0 Å². The van der Waals surface area contributed by atoms with Crippen LogP contribution in [0.5, 0.6) is 17.2 Å². The summed E-state index contributed by atoms with van der Waals surface area (Å²) in [5.74, 6) is 0.126. The fraction of sp³-hybridized carbons (Fsp3) is 0.276. The summed E-state index contributed by atoms with van der Waals surface area (Å²) in [6, 6.07) is 18.4. The molecule has 1 amide bonds. The van der Waals surface area contributed by atoms with Crippen molar-refractivity contribution in [2.24, 2.45) is 5.16 Å². The summed E-state index contributed by atoms with van der Waals surface area (Å²) in [5.41, 5.74) is 2.78. The highest BCUT2D eigenvalue weighted by Crippen LogP contribution is 2.38. The van der Waals surface area contributed by atoms with Gasteiger partial charge in [-0.2, -0.15) is 0 Å². The molecule has 3 aromatic rings. The number of nitrogens with zero attached hydrogens (tertiary/aromatic N) is 1. The second-order valence-corrected chi connectivity index (χ2v) is 8.30. The molecule has 0 aliphatic carbocycles. The number of carbonyl (C=O) groups excluding carboxylic acids is 1. The number of hydrogen-bond acceptors (Lipinski definition) is 7. The minimum atomic E-state index is -1.19. The van der Waals surface area contributed by atoms with Gasteiger partial charge >= 0.3 is 5.97 Å². The van der Waals surface area contributed by atoms with Crippen LogP contribution in [0.15, 0.2) is 71.9 Å². The lowest BCUT2D eigenvalue weighted by atomic mass is 9.99. The summed E-state index contributed by atoms with van der Waals surface area (Å²) < 4.78 is 16.5. The first-order valence-corrected chi connectivity index (χ1v) is 12.1. The average molecular weight is 521 g/mol. The van der Waals surface area contributed by atoms with Gasteiger partial charge in [0.25, 0.3) is 5.91 Å². The van der Waals surface area contributed by atoms with E-state index < -0.39 is 17.9 Å². The Balaban J connectivity index is 1.77. The van der Waals surface area contributed by atoms with E-state index in [1.807, 2.05) is 49.4 Å². The number of aliphatic carboxylic acids is 1. The molecule has 0 aromatic heterocycles. The van der Waals surface area contributed by atoms with E-state index in [-0.39, 0.29) is 12.1 Å². The number of rotatable bonds is 13. The summed E-state index contributed by atoms with van der Waals surface area (Å²) in [6.07, 6.45) is 0.933. The number of oxime groups is 1. The minimum absolute atomic E-state index is 0.0422. The van der Waals surface area contributed by atoms with Crippen molar-refractivity contribution in [3.05, 3.63) is 77.9 Å². The van der Waals surface area contributed by atoms with Crippen molar-refractivity contribution in [2.45, 2.75) is 25.8 Å². The van der Waals surface area contributed by atoms with E-state index in [9.17, 15) is 14.7 Å². The van der Waals surface area contributed by atoms with Crippen LogP contribution in [-0.4, -0.2) is 56.7 Å². The standard InChI is InChI=1S/C29H32N2O7/c1-5-17-38-22-15-13-21(14-16-22)27(31-37-4)28(32)30-23(29(33)34)18-19-9-11-20(12-10-19)26-24(35-2)7-6-8-25(26)36-3/h6-16,23H,5,17-18H2,1-4H3,(H,30,32)(H,33,34)/t23-/m0/s1. The van der Waals surface area contributed by atoms with Gasteiger partial charge in [-0.1, -0.05) is 42.4 Å². The van der Waals surface area contributed by atoms with Gasteiger partial charge in [-0.15, -0.1) is 0 Å². The van der Waals surface area contributed by atoms with Gasteiger partial charge in [0.1, 0.15) is 30.4 Å². The van der Waals surface area contributed by atoms with E-state index in [4.69, 9.17) is 19.0 Å². The fourth-order valence-corrected chi connectivity index (χ4v) is 3.85. The normalized spacial score (nSPS) is 11.8. The quantitative estimate of drug-likeness (QED) is 0.255. The maximum absolute atomic E-state index is 13.0. The molecule has 0 spiro atoms. The van der Waals surface area contributed by atoms with Crippen LogP contribution in [0.3, 0.4) is 0 Å². The summed E-state index contributed by atoms with van der Waals surface area (Å²) in [4.78, 5) is 29.9. The Kier molecular flexibility index (Phi) is 10.1. The Bertz CT molecular complexity index is 1230. The molecule has 9 heteroatoms. The number of carbonyl (C=O) groups is 2. The predicted molar refractivity (Wildman–Crippen MR) is 144 cm³/mol. The molecule has 9 nitrogen and oxygen atoms in total. The summed E-state index contributed by atoms with van der Waals surface area (Å²) in [5, 5.41) is 16.2. The second kappa shape index (κ2) is 13.7. The van der Waals surface area contributed by atoms with E-state index in [0.29, 0.717) is 29.4 Å². The molecule has 3 rings (SSSR count). The highest BCUT2D eigenvalue weighted by Gasteiger charge is 2.25. The van der Waals surface area contributed by atoms with E-state index in [1.54, 1.807) is 38.5 Å². The molecule has 0 bridgehead atoms. The molecule has 0 heterocycles. The lowest BCUT2D eigenvalue weighted by Gasteiger charge is -2.17. The first kappa shape index (κ1) is 28.0. The Hall–Kier alpha value is -4.53. The highest BCUT2D eigenvalue weighted by atomic mass is 16.6. The maximum atomic E-state index is 13.0. The molecule has 0 saturated heterocycles. The van der Waals surface area contributed by atoms with Gasteiger partial charge in [0.2, 0.25) is 0 Å². The number of nitrogens with one attached hydrogen (secondary N) is 1. The average Bonchev–Trinajstić information content (AvgIpc) is 2.94. The number of benzene rings is 3. The monoisotopic (exact) mass is 520 g/mol. The second-order valence-electron chi connectivity index (χ2n) is 8.30. The van der Waals surface area contributed by atoms with Crippen molar-refractivity contribution in [3.63, 3.8) is 0 Å². The first-order chi connectivity index (χ1) is 18.4. The third kappa shape index (κ3) is 7.03. The number of methoxy groups -OCH3 is 2. The van der Waals surface area contributed by atoms with Crippen LogP contribution in [0.25, 0.3) is 11.1 Å². The Morgan fingerprint density at radius 1 is 0.921 bits per heavy atom.